The lowest BCUT2D eigenvalue weighted by Gasteiger charge is -2.23. The van der Waals surface area contributed by atoms with E-state index in [1.807, 2.05) is 72.3 Å². The van der Waals surface area contributed by atoms with E-state index in [9.17, 15) is 4.79 Å². The van der Waals surface area contributed by atoms with Gasteiger partial charge in [-0.2, -0.15) is 5.10 Å². The summed E-state index contributed by atoms with van der Waals surface area (Å²) in [5.41, 5.74) is 2.75. The number of nitrogens with zero attached hydrogens (tertiary/aromatic N) is 4. The van der Waals surface area contributed by atoms with Gasteiger partial charge in [0.05, 0.1) is 6.04 Å². The Kier molecular flexibility index (Phi) is 5.54. The fourth-order valence-corrected chi connectivity index (χ4v) is 4.14. The maximum atomic E-state index is 12.7. The lowest BCUT2D eigenvalue weighted by Crippen LogP contribution is -2.33. The lowest BCUT2D eigenvalue weighted by molar-refractivity contribution is -0.122. The van der Waals surface area contributed by atoms with Gasteiger partial charge in [0, 0.05) is 30.5 Å². The lowest BCUT2D eigenvalue weighted by atomic mass is 10.1. The minimum Gasteiger partial charge on any atom is -0.440 e. The van der Waals surface area contributed by atoms with Crippen LogP contribution in [0.25, 0.3) is 22.6 Å². The third-order valence-corrected chi connectivity index (χ3v) is 5.64. The molecule has 1 N–H and O–H groups in total. The molecule has 3 heterocycles. The molecule has 0 bridgehead atoms. The molecule has 0 saturated heterocycles. The highest BCUT2D eigenvalue weighted by atomic mass is 16.4. The molecule has 2 aromatic carbocycles. The minimum atomic E-state index is -0.0956. The van der Waals surface area contributed by atoms with E-state index in [-0.39, 0.29) is 11.9 Å². The summed E-state index contributed by atoms with van der Waals surface area (Å²) in [6.45, 7) is 2.73. The van der Waals surface area contributed by atoms with Crippen LogP contribution in [0.1, 0.15) is 42.8 Å². The van der Waals surface area contributed by atoms with Gasteiger partial charge in [0.1, 0.15) is 17.3 Å². The molecule has 0 saturated carbocycles. The summed E-state index contributed by atoms with van der Waals surface area (Å²) in [7, 11) is 0. The van der Waals surface area contributed by atoms with Crippen molar-refractivity contribution in [2.45, 2.75) is 45.2 Å². The first-order valence-corrected chi connectivity index (χ1v) is 11.0. The van der Waals surface area contributed by atoms with Crippen LogP contribution in [0.3, 0.4) is 0 Å². The van der Waals surface area contributed by atoms with Crippen molar-refractivity contribution in [3.05, 3.63) is 78.2 Å². The maximum Gasteiger partial charge on any atom is 0.221 e. The molecule has 1 aliphatic heterocycles. The molecule has 5 rings (SSSR count). The van der Waals surface area contributed by atoms with E-state index in [0.29, 0.717) is 18.7 Å². The Labute approximate surface area is 186 Å². The van der Waals surface area contributed by atoms with Gasteiger partial charge in [0.2, 0.25) is 5.91 Å². The first-order valence-electron chi connectivity index (χ1n) is 11.0. The summed E-state index contributed by atoms with van der Waals surface area (Å²) in [5, 5.41) is 7.51. The molecule has 7 heteroatoms. The Bertz CT molecular complexity index is 1160. The zero-order chi connectivity index (χ0) is 21.9. The van der Waals surface area contributed by atoms with Crippen molar-refractivity contribution in [1.82, 2.24) is 25.1 Å². The second kappa shape index (κ2) is 8.78. The summed E-state index contributed by atoms with van der Waals surface area (Å²) in [6.07, 6.45) is 2.57. The van der Waals surface area contributed by atoms with Crippen molar-refractivity contribution >= 4 is 5.91 Å². The van der Waals surface area contributed by atoms with Crippen molar-refractivity contribution in [2.75, 3.05) is 0 Å². The van der Waals surface area contributed by atoms with E-state index in [1.165, 1.54) is 0 Å². The normalized spacial score (nSPS) is 15.3. The predicted octanol–water partition coefficient (Wildman–Crippen LogP) is 4.49. The number of benzene rings is 2. The molecule has 162 valence electrons. The van der Waals surface area contributed by atoms with Gasteiger partial charge in [0.15, 0.2) is 11.7 Å². The molecule has 0 fully saturated rings. The highest BCUT2D eigenvalue weighted by molar-refractivity contribution is 5.78. The topological polar surface area (TPSA) is 85.8 Å². The number of carbonyl (C=O) groups excluding carboxylic acids is 1. The van der Waals surface area contributed by atoms with Crippen LogP contribution in [0.15, 0.2) is 65.1 Å². The van der Waals surface area contributed by atoms with Gasteiger partial charge in [-0.25, -0.2) is 14.6 Å². The smallest absolute Gasteiger partial charge is 0.221 e. The van der Waals surface area contributed by atoms with Crippen LogP contribution >= 0.6 is 0 Å². The van der Waals surface area contributed by atoms with E-state index in [0.717, 1.165) is 53.6 Å². The average Bonchev–Trinajstić information content (AvgIpc) is 3.42. The Balaban J connectivity index is 1.32. The first kappa shape index (κ1) is 20.2. The second-order valence-corrected chi connectivity index (χ2v) is 8.02. The predicted molar refractivity (Wildman–Crippen MR) is 121 cm³/mol. The number of aryl methyl sites for hydroxylation is 3. The van der Waals surface area contributed by atoms with Gasteiger partial charge < -0.3 is 9.73 Å². The van der Waals surface area contributed by atoms with Gasteiger partial charge in [-0.1, -0.05) is 60.7 Å². The quantitative estimate of drug-likeness (QED) is 0.490. The van der Waals surface area contributed by atoms with Crippen LogP contribution in [0.5, 0.6) is 0 Å². The fourth-order valence-electron chi connectivity index (χ4n) is 4.14. The molecule has 2 aromatic heterocycles. The largest absolute Gasteiger partial charge is 0.440 e. The molecule has 0 aliphatic carbocycles. The Morgan fingerprint density at radius 1 is 1.06 bits per heavy atom. The van der Waals surface area contributed by atoms with Gasteiger partial charge in [-0.15, -0.1) is 0 Å². The van der Waals surface area contributed by atoms with Crippen molar-refractivity contribution in [2.24, 2.45) is 0 Å². The number of carbonyl (C=O) groups is 1. The van der Waals surface area contributed by atoms with E-state index in [1.54, 1.807) is 0 Å². The van der Waals surface area contributed by atoms with Gasteiger partial charge in [-0.3, -0.25) is 4.79 Å². The Morgan fingerprint density at radius 2 is 1.78 bits per heavy atom. The van der Waals surface area contributed by atoms with Crippen molar-refractivity contribution in [1.29, 1.82) is 0 Å². The Hall–Kier alpha value is -3.74. The number of oxazole rings is 1. The number of nitrogens with one attached hydrogen (secondary N) is 1. The third kappa shape index (κ3) is 4.19. The fraction of sp³-hybridized carbons (Fsp3) is 0.280. The maximum absolute atomic E-state index is 12.7. The SMILES string of the molecule is Cc1nc2n(n1)CCC[C@H]2NC(=O)CCc1nc(-c2ccccc2)c(-c2ccccc2)o1. The van der Waals surface area contributed by atoms with Crippen LogP contribution in [0, 0.1) is 6.92 Å². The zero-order valence-corrected chi connectivity index (χ0v) is 18.0. The van der Waals surface area contributed by atoms with Crippen molar-refractivity contribution in [3.63, 3.8) is 0 Å². The van der Waals surface area contributed by atoms with Crippen LogP contribution in [0.4, 0.5) is 0 Å². The number of aromatic nitrogens is 4. The van der Waals surface area contributed by atoms with Crippen LogP contribution in [0.2, 0.25) is 0 Å². The molecule has 0 unspecified atom stereocenters. The van der Waals surface area contributed by atoms with E-state index in [4.69, 9.17) is 9.40 Å². The Morgan fingerprint density at radius 3 is 2.53 bits per heavy atom. The molecule has 1 atom stereocenters. The summed E-state index contributed by atoms with van der Waals surface area (Å²) in [6, 6.07) is 19.8. The minimum absolute atomic E-state index is 0.0372. The van der Waals surface area contributed by atoms with Crippen LogP contribution in [-0.2, 0) is 17.8 Å². The summed E-state index contributed by atoms with van der Waals surface area (Å²) in [4.78, 5) is 21.9. The molecule has 7 nitrogen and oxygen atoms in total. The molecule has 0 radical (unpaired) electrons. The van der Waals surface area contributed by atoms with E-state index >= 15 is 0 Å². The molecule has 1 aliphatic rings. The first-order chi connectivity index (χ1) is 15.7. The van der Waals surface area contributed by atoms with Crippen LogP contribution < -0.4 is 5.32 Å². The van der Waals surface area contributed by atoms with Crippen molar-refractivity contribution in [3.8, 4) is 22.6 Å². The number of fused-ring (bicyclic) bond motifs is 1. The van der Waals surface area contributed by atoms with Gasteiger partial charge >= 0.3 is 0 Å². The summed E-state index contributed by atoms with van der Waals surface area (Å²) >= 11 is 0. The third-order valence-electron chi connectivity index (χ3n) is 5.64. The summed E-state index contributed by atoms with van der Waals surface area (Å²) in [5.74, 6) is 2.83. The zero-order valence-electron chi connectivity index (χ0n) is 18.0. The number of amides is 1. The number of hydrogen-bond acceptors (Lipinski definition) is 5. The summed E-state index contributed by atoms with van der Waals surface area (Å²) < 4.78 is 8.04. The number of rotatable bonds is 6. The average molecular weight is 428 g/mol. The van der Waals surface area contributed by atoms with Gasteiger partial charge in [-0.05, 0) is 19.8 Å². The van der Waals surface area contributed by atoms with E-state index in [2.05, 4.69) is 15.4 Å². The van der Waals surface area contributed by atoms with Gasteiger partial charge in [0.25, 0.3) is 0 Å². The molecule has 32 heavy (non-hydrogen) atoms. The number of hydrogen-bond donors (Lipinski definition) is 1. The molecular formula is C25H25N5O2. The van der Waals surface area contributed by atoms with Crippen LogP contribution in [-0.4, -0.2) is 25.7 Å². The monoisotopic (exact) mass is 427 g/mol. The standard InChI is InChI=1S/C25H25N5O2/c1-17-26-25-20(13-8-16-30(25)29-17)27-21(31)14-15-22-28-23(18-9-4-2-5-10-18)24(32-22)19-11-6-3-7-12-19/h2-7,9-12,20H,8,13-16H2,1H3,(H,27,31)/t20-/m1/s1. The second-order valence-electron chi connectivity index (χ2n) is 8.02. The molecular weight excluding hydrogens is 402 g/mol. The molecule has 4 aromatic rings. The molecule has 1 amide bonds. The highest BCUT2D eigenvalue weighted by Gasteiger charge is 2.25. The molecule has 0 spiro atoms. The highest BCUT2D eigenvalue weighted by Crippen LogP contribution is 2.33. The van der Waals surface area contributed by atoms with E-state index < -0.39 is 0 Å². The van der Waals surface area contributed by atoms with Crippen molar-refractivity contribution < 1.29 is 9.21 Å².